The summed E-state index contributed by atoms with van der Waals surface area (Å²) in [6.07, 6.45) is 2.63. The first-order chi connectivity index (χ1) is 13.9. The first-order valence-corrected chi connectivity index (χ1v) is 11.3. The van der Waals surface area contributed by atoms with Crippen molar-refractivity contribution in [2.24, 2.45) is 0 Å². The Bertz CT molecular complexity index is 1050. The van der Waals surface area contributed by atoms with Crippen molar-refractivity contribution in [3.8, 4) is 6.07 Å². The molecule has 2 heterocycles. The molecule has 1 N–H and O–H groups in total. The molecule has 2 aromatic rings. The van der Waals surface area contributed by atoms with Gasteiger partial charge in [0.05, 0.1) is 16.0 Å². The molecule has 3 rings (SSSR count). The summed E-state index contributed by atoms with van der Waals surface area (Å²) >= 11 is 1.18. The minimum absolute atomic E-state index is 0.0237. The van der Waals surface area contributed by atoms with Gasteiger partial charge in [0.25, 0.3) is 5.91 Å². The second kappa shape index (κ2) is 9.17. The molecule has 0 radical (unpaired) electrons. The van der Waals surface area contributed by atoms with Gasteiger partial charge < -0.3 is 10.1 Å². The number of benzene rings is 1. The Morgan fingerprint density at radius 2 is 1.97 bits per heavy atom. The molecule has 1 aliphatic heterocycles. The monoisotopic (exact) mass is 433 g/mol. The van der Waals surface area contributed by atoms with Gasteiger partial charge in [-0.25, -0.2) is 13.2 Å². The SMILES string of the molecule is N#Cc1ccsc1NC(=O)COC(=O)c1cccc(S(=O)(=O)N2CCCCC2)c1. The molecule has 1 fully saturated rings. The van der Waals surface area contributed by atoms with Crippen LogP contribution in [-0.4, -0.2) is 44.3 Å². The number of amides is 1. The van der Waals surface area contributed by atoms with Crippen molar-refractivity contribution in [2.75, 3.05) is 25.0 Å². The number of nitriles is 1. The van der Waals surface area contributed by atoms with E-state index in [1.54, 1.807) is 11.4 Å². The van der Waals surface area contributed by atoms with Gasteiger partial charge in [-0.05, 0) is 42.5 Å². The molecule has 10 heteroatoms. The highest BCUT2D eigenvalue weighted by Gasteiger charge is 2.26. The minimum Gasteiger partial charge on any atom is -0.452 e. The molecule has 29 heavy (non-hydrogen) atoms. The molecule has 152 valence electrons. The van der Waals surface area contributed by atoms with Crippen LogP contribution < -0.4 is 5.32 Å². The van der Waals surface area contributed by atoms with Crippen molar-refractivity contribution in [3.05, 3.63) is 46.8 Å². The van der Waals surface area contributed by atoms with Crippen LogP contribution in [0.4, 0.5) is 5.00 Å². The molecule has 0 atom stereocenters. The van der Waals surface area contributed by atoms with Crippen molar-refractivity contribution in [1.29, 1.82) is 5.26 Å². The Labute approximate surface area is 172 Å². The summed E-state index contributed by atoms with van der Waals surface area (Å²) in [5.74, 6) is -1.39. The third-order valence-electron chi connectivity index (χ3n) is 4.40. The number of carbonyl (C=O) groups excluding carboxylic acids is 2. The van der Waals surface area contributed by atoms with Crippen LogP contribution in [0.25, 0.3) is 0 Å². The summed E-state index contributed by atoms with van der Waals surface area (Å²) in [5, 5.41) is 13.5. The number of sulfonamides is 1. The maximum atomic E-state index is 12.8. The van der Waals surface area contributed by atoms with Crippen LogP contribution in [0.15, 0.2) is 40.6 Å². The minimum atomic E-state index is -3.67. The van der Waals surface area contributed by atoms with E-state index in [1.165, 1.54) is 39.9 Å². The molecule has 8 nitrogen and oxygen atoms in total. The highest BCUT2D eigenvalue weighted by molar-refractivity contribution is 7.89. The Morgan fingerprint density at radius 3 is 2.69 bits per heavy atom. The lowest BCUT2D eigenvalue weighted by Gasteiger charge is -2.25. The smallest absolute Gasteiger partial charge is 0.338 e. The molecule has 0 aliphatic carbocycles. The summed E-state index contributed by atoms with van der Waals surface area (Å²) in [7, 11) is -3.67. The standard InChI is InChI=1S/C19H19N3O5S2/c20-12-15-7-10-28-18(15)21-17(23)13-27-19(24)14-5-4-6-16(11-14)29(25,26)22-8-2-1-3-9-22/h4-7,10-11H,1-3,8-9,13H2,(H,21,23). The van der Waals surface area contributed by atoms with E-state index in [4.69, 9.17) is 10.00 Å². The van der Waals surface area contributed by atoms with E-state index in [0.29, 0.717) is 23.7 Å². The van der Waals surface area contributed by atoms with Crippen molar-refractivity contribution >= 4 is 38.2 Å². The molecule has 0 bridgehead atoms. The van der Waals surface area contributed by atoms with Crippen LogP contribution in [0.3, 0.4) is 0 Å². The van der Waals surface area contributed by atoms with Gasteiger partial charge in [-0.2, -0.15) is 9.57 Å². The Balaban J connectivity index is 1.63. The predicted molar refractivity (Wildman–Crippen MR) is 107 cm³/mol. The van der Waals surface area contributed by atoms with Crippen LogP contribution >= 0.6 is 11.3 Å². The molecule has 1 amide bonds. The number of esters is 1. The number of hydrogen-bond acceptors (Lipinski definition) is 7. The number of hydrogen-bond donors (Lipinski definition) is 1. The van der Waals surface area contributed by atoms with Crippen LogP contribution in [0.5, 0.6) is 0 Å². The summed E-state index contributed by atoms with van der Waals surface area (Å²) in [4.78, 5) is 24.2. The fourth-order valence-corrected chi connectivity index (χ4v) is 5.23. The van der Waals surface area contributed by atoms with Gasteiger partial charge in [0.15, 0.2) is 6.61 Å². The molecular formula is C19H19N3O5S2. The lowest BCUT2D eigenvalue weighted by Crippen LogP contribution is -2.35. The fourth-order valence-electron chi connectivity index (χ4n) is 2.91. The molecular weight excluding hydrogens is 414 g/mol. The normalized spacial score (nSPS) is 14.7. The molecule has 1 aliphatic rings. The maximum absolute atomic E-state index is 12.8. The predicted octanol–water partition coefficient (Wildman–Crippen LogP) is 2.59. The first-order valence-electron chi connectivity index (χ1n) is 8.96. The first kappa shape index (κ1) is 21.0. The van der Waals surface area contributed by atoms with Gasteiger partial charge in [-0.3, -0.25) is 4.79 Å². The summed E-state index contributed by atoms with van der Waals surface area (Å²) in [6.45, 7) is 0.375. The number of carbonyl (C=O) groups is 2. The zero-order chi connectivity index (χ0) is 20.9. The van der Waals surface area contributed by atoms with E-state index < -0.39 is 28.5 Å². The van der Waals surface area contributed by atoms with E-state index in [-0.39, 0.29) is 10.5 Å². The summed E-state index contributed by atoms with van der Waals surface area (Å²) in [5.41, 5.74) is 0.370. The van der Waals surface area contributed by atoms with Crippen LogP contribution in [0.2, 0.25) is 0 Å². The Kier molecular flexibility index (Phi) is 6.64. The zero-order valence-electron chi connectivity index (χ0n) is 15.5. The molecule has 1 aromatic carbocycles. The van der Waals surface area contributed by atoms with Gasteiger partial charge in [0, 0.05) is 13.1 Å². The van der Waals surface area contributed by atoms with E-state index in [2.05, 4.69) is 5.32 Å². The van der Waals surface area contributed by atoms with Crippen LogP contribution in [0, 0.1) is 11.3 Å². The second-order valence-corrected chi connectivity index (χ2v) is 9.25. The highest BCUT2D eigenvalue weighted by atomic mass is 32.2. The van der Waals surface area contributed by atoms with E-state index in [0.717, 1.165) is 19.3 Å². The Morgan fingerprint density at radius 1 is 1.21 bits per heavy atom. The molecule has 1 aromatic heterocycles. The second-order valence-electron chi connectivity index (χ2n) is 6.39. The van der Waals surface area contributed by atoms with E-state index in [9.17, 15) is 18.0 Å². The number of rotatable bonds is 6. The van der Waals surface area contributed by atoms with Crippen molar-refractivity contribution in [3.63, 3.8) is 0 Å². The molecule has 0 unspecified atom stereocenters. The number of thiophene rings is 1. The quantitative estimate of drug-likeness (QED) is 0.700. The number of nitrogens with zero attached hydrogens (tertiary/aromatic N) is 2. The number of piperidine rings is 1. The third-order valence-corrected chi connectivity index (χ3v) is 7.12. The Hall–Kier alpha value is -2.74. The lowest BCUT2D eigenvalue weighted by molar-refractivity contribution is -0.119. The van der Waals surface area contributed by atoms with Crippen molar-refractivity contribution in [1.82, 2.24) is 4.31 Å². The number of nitrogens with one attached hydrogen (secondary N) is 1. The largest absolute Gasteiger partial charge is 0.452 e. The summed E-state index contributed by atoms with van der Waals surface area (Å²) < 4.78 is 31.9. The van der Waals surface area contributed by atoms with Crippen LogP contribution in [-0.2, 0) is 19.6 Å². The van der Waals surface area contributed by atoms with Crippen LogP contribution in [0.1, 0.15) is 35.2 Å². The van der Waals surface area contributed by atoms with Gasteiger partial charge in [-0.15, -0.1) is 11.3 Å². The molecule has 1 saturated heterocycles. The highest BCUT2D eigenvalue weighted by Crippen LogP contribution is 2.23. The zero-order valence-corrected chi connectivity index (χ0v) is 17.1. The molecule has 0 saturated carbocycles. The van der Waals surface area contributed by atoms with E-state index in [1.807, 2.05) is 6.07 Å². The molecule has 0 spiro atoms. The van der Waals surface area contributed by atoms with Gasteiger partial charge in [-0.1, -0.05) is 12.5 Å². The van der Waals surface area contributed by atoms with Gasteiger partial charge in [0.1, 0.15) is 11.1 Å². The number of anilines is 1. The third kappa shape index (κ3) is 5.00. The van der Waals surface area contributed by atoms with Crippen molar-refractivity contribution in [2.45, 2.75) is 24.2 Å². The topological polar surface area (TPSA) is 117 Å². The van der Waals surface area contributed by atoms with Gasteiger partial charge >= 0.3 is 5.97 Å². The summed E-state index contributed by atoms with van der Waals surface area (Å²) in [6, 6.07) is 9.12. The number of ether oxygens (including phenoxy) is 1. The average Bonchev–Trinajstić information content (AvgIpc) is 3.19. The van der Waals surface area contributed by atoms with Gasteiger partial charge in [0.2, 0.25) is 10.0 Å². The lowest BCUT2D eigenvalue weighted by atomic mass is 10.2. The maximum Gasteiger partial charge on any atom is 0.338 e. The van der Waals surface area contributed by atoms with Crippen molar-refractivity contribution < 1.29 is 22.7 Å². The average molecular weight is 434 g/mol. The fraction of sp³-hybridized carbons (Fsp3) is 0.316. The van der Waals surface area contributed by atoms with E-state index >= 15 is 0 Å².